The average molecular weight is 421 g/mol. The highest BCUT2D eigenvalue weighted by atomic mass is 32.2. The van der Waals surface area contributed by atoms with Gasteiger partial charge in [0.15, 0.2) is 5.96 Å². The van der Waals surface area contributed by atoms with Crippen LogP contribution in [0.15, 0.2) is 45.6 Å². The Kier molecular flexibility index (Phi) is 7.73. The summed E-state index contributed by atoms with van der Waals surface area (Å²) in [7, 11) is 1.70. The number of halogens is 1. The van der Waals surface area contributed by atoms with Crippen LogP contribution in [-0.4, -0.2) is 49.2 Å². The molecule has 1 aromatic heterocycles. The van der Waals surface area contributed by atoms with E-state index in [1.807, 2.05) is 4.90 Å². The fraction of sp³-hybridized carbons (Fsp3) is 0.400. The average Bonchev–Trinajstić information content (AvgIpc) is 3.19. The van der Waals surface area contributed by atoms with Gasteiger partial charge in [-0.1, -0.05) is 0 Å². The number of carbonyl (C=O) groups is 1. The third-order valence-corrected chi connectivity index (χ3v) is 6.61. The van der Waals surface area contributed by atoms with Crippen LogP contribution in [0, 0.1) is 5.82 Å². The summed E-state index contributed by atoms with van der Waals surface area (Å²) in [4.78, 5) is 21.0. The van der Waals surface area contributed by atoms with Crippen LogP contribution in [0.5, 0.6) is 0 Å². The summed E-state index contributed by atoms with van der Waals surface area (Å²) in [6, 6.07) is 8.64. The van der Waals surface area contributed by atoms with Gasteiger partial charge in [0, 0.05) is 36.5 Å². The number of benzene rings is 1. The van der Waals surface area contributed by atoms with Crippen molar-refractivity contribution in [3.8, 4) is 0 Å². The summed E-state index contributed by atoms with van der Waals surface area (Å²) >= 11 is 3.47. The summed E-state index contributed by atoms with van der Waals surface area (Å²) in [5.41, 5.74) is 1.27. The first-order valence-corrected chi connectivity index (χ1v) is 11.2. The first kappa shape index (κ1) is 20.7. The molecule has 8 heteroatoms. The van der Waals surface area contributed by atoms with Crippen LogP contribution in [0.2, 0.25) is 0 Å². The van der Waals surface area contributed by atoms with Gasteiger partial charge in [-0.2, -0.15) is 0 Å². The molecule has 0 bridgehead atoms. The highest BCUT2D eigenvalue weighted by molar-refractivity contribution is 7.99. The van der Waals surface area contributed by atoms with E-state index in [4.69, 9.17) is 0 Å². The zero-order chi connectivity index (χ0) is 19.8. The Bertz CT molecular complexity index is 807. The van der Waals surface area contributed by atoms with Crippen LogP contribution >= 0.6 is 23.1 Å². The van der Waals surface area contributed by atoms with E-state index in [2.05, 4.69) is 27.1 Å². The number of nitrogens with zero attached hydrogens (tertiary/aromatic N) is 2. The molecule has 1 aliphatic rings. The number of thiophene rings is 1. The SMILES string of the molecule is CN=C(NCCCSc1ccc(F)cc1)NCC(=O)N1CCc2sccc2C1. The second-order valence-electron chi connectivity index (χ2n) is 6.44. The molecule has 2 heterocycles. The lowest BCUT2D eigenvalue weighted by atomic mass is 10.1. The van der Waals surface area contributed by atoms with E-state index in [1.54, 1.807) is 42.3 Å². The van der Waals surface area contributed by atoms with Crippen LogP contribution < -0.4 is 10.6 Å². The summed E-state index contributed by atoms with van der Waals surface area (Å²) in [5, 5.41) is 8.43. The summed E-state index contributed by atoms with van der Waals surface area (Å²) in [5.74, 6) is 1.43. The van der Waals surface area contributed by atoms with E-state index < -0.39 is 0 Å². The van der Waals surface area contributed by atoms with E-state index in [1.165, 1.54) is 22.6 Å². The van der Waals surface area contributed by atoms with Crippen LogP contribution in [0.3, 0.4) is 0 Å². The van der Waals surface area contributed by atoms with Gasteiger partial charge in [-0.15, -0.1) is 23.1 Å². The number of fused-ring (bicyclic) bond motifs is 1. The van der Waals surface area contributed by atoms with E-state index >= 15 is 0 Å². The number of nitrogens with one attached hydrogen (secondary N) is 2. The molecule has 1 aliphatic heterocycles. The van der Waals surface area contributed by atoms with Gasteiger partial charge in [0.25, 0.3) is 0 Å². The van der Waals surface area contributed by atoms with Gasteiger partial charge in [-0.25, -0.2) is 4.39 Å². The molecule has 0 unspecified atom stereocenters. The second kappa shape index (κ2) is 10.5. The number of hydrogen-bond acceptors (Lipinski definition) is 4. The third-order valence-electron chi connectivity index (χ3n) is 4.49. The van der Waals surface area contributed by atoms with E-state index in [9.17, 15) is 9.18 Å². The quantitative estimate of drug-likeness (QED) is 0.313. The minimum absolute atomic E-state index is 0.0895. The predicted octanol–water partition coefficient (Wildman–Crippen LogP) is 3.12. The van der Waals surface area contributed by atoms with E-state index in [-0.39, 0.29) is 18.3 Å². The molecule has 0 aliphatic carbocycles. The Morgan fingerprint density at radius 1 is 1.29 bits per heavy atom. The fourth-order valence-electron chi connectivity index (χ4n) is 2.95. The number of amides is 1. The van der Waals surface area contributed by atoms with Gasteiger partial charge in [-0.3, -0.25) is 9.79 Å². The first-order valence-electron chi connectivity index (χ1n) is 9.31. The van der Waals surface area contributed by atoms with Gasteiger partial charge in [-0.05, 0) is 59.9 Å². The maximum absolute atomic E-state index is 12.9. The molecule has 3 rings (SSSR count). The number of guanidine groups is 1. The predicted molar refractivity (Wildman–Crippen MR) is 115 cm³/mol. The summed E-state index contributed by atoms with van der Waals surface area (Å²) in [6.07, 6.45) is 1.88. The molecule has 0 saturated heterocycles. The molecular formula is C20H25FN4OS2. The monoisotopic (exact) mass is 420 g/mol. The fourth-order valence-corrected chi connectivity index (χ4v) is 4.70. The van der Waals surface area contributed by atoms with Crippen molar-refractivity contribution >= 4 is 35.0 Å². The number of rotatable bonds is 7. The third kappa shape index (κ3) is 5.97. The Hall–Kier alpha value is -2.06. The lowest BCUT2D eigenvalue weighted by molar-refractivity contribution is -0.130. The highest BCUT2D eigenvalue weighted by Gasteiger charge is 2.21. The minimum Gasteiger partial charge on any atom is -0.356 e. The smallest absolute Gasteiger partial charge is 0.242 e. The molecule has 1 amide bonds. The van der Waals surface area contributed by atoms with Crippen molar-refractivity contribution < 1.29 is 9.18 Å². The Morgan fingerprint density at radius 2 is 2.11 bits per heavy atom. The number of aliphatic imine (C=N–C) groups is 1. The molecule has 2 N–H and O–H groups in total. The molecule has 0 saturated carbocycles. The maximum atomic E-state index is 12.9. The maximum Gasteiger partial charge on any atom is 0.242 e. The van der Waals surface area contributed by atoms with Gasteiger partial charge >= 0.3 is 0 Å². The largest absolute Gasteiger partial charge is 0.356 e. The molecule has 0 fully saturated rings. The van der Waals surface area contributed by atoms with Crippen molar-refractivity contribution in [2.75, 3.05) is 32.4 Å². The Labute approximate surface area is 173 Å². The minimum atomic E-state index is -0.212. The summed E-state index contributed by atoms with van der Waals surface area (Å²) < 4.78 is 12.9. The van der Waals surface area contributed by atoms with Gasteiger partial charge in [0.05, 0.1) is 6.54 Å². The van der Waals surface area contributed by atoms with Crippen molar-refractivity contribution in [2.24, 2.45) is 4.99 Å². The van der Waals surface area contributed by atoms with Crippen molar-refractivity contribution in [1.29, 1.82) is 0 Å². The molecule has 0 atom stereocenters. The lowest BCUT2D eigenvalue weighted by Gasteiger charge is -2.27. The molecule has 2 aromatic rings. The van der Waals surface area contributed by atoms with Crippen LogP contribution in [0.4, 0.5) is 4.39 Å². The zero-order valence-corrected chi connectivity index (χ0v) is 17.5. The van der Waals surface area contributed by atoms with Crippen LogP contribution in [0.1, 0.15) is 16.9 Å². The van der Waals surface area contributed by atoms with Gasteiger partial charge in [0.1, 0.15) is 5.82 Å². The molecule has 150 valence electrons. The van der Waals surface area contributed by atoms with Gasteiger partial charge < -0.3 is 15.5 Å². The molecule has 1 aromatic carbocycles. The normalized spacial score (nSPS) is 13.9. The molecule has 5 nitrogen and oxygen atoms in total. The standard InChI is InChI=1S/C20H25FN4OS2/c1-22-20(23-9-2-11-27-17-5-3-16(21)4-6-17)24-13-19(26)25-10-7-18-15(14-25)8-12-28-18/h3-6,8,12H,2,7,9-11,13-14H2,1H3,(H2,22,23,24). The highest BCUT2D eigenvalue weighted by Crippen LogP contribution is 2.23. The molecular weight excluding hydrogens is 395 g/mol. The van der Waals surface area contributed by atoms with Crippen molar-refractivity contribution in [2.45, 2.75) is 24.3 Å². The number of carbonyl (C=O) groups excluding carboxylic acids is 1. The van der Waals surface area contributed by atoms with E-state index in [0.29, 0.717) is 12.5 Å². The summed E-state index contributed by atoms with van der Waals surface area (Å²) in [6.45, 7) is 2.47. The van der Waals surface area contributed by atoms with Crippen molar-refractivity contribution in [3.63, 3.8) is 0 Å². The van der Waals surface area contributed by atoms with E-state index in [0.717, 1.165) is 36.6 Å². The molecule has 28 heavy (non-hydrogen) atoms. The Morgan fingerprint density at radius 3 is 2.89 bits per heavy atom. The van der Waals surface area contributed by atoms with Gasteiger partial charge in [0.2, 0.25) is 5.91 Å². The molecule has 0 spiro atoms. The first-order chi connectivity index (χ1) is 13.7. The number of thioether (sulfide) groups is 1. The zero-order valence-electron chi connectivity index (χ0n) is 15.9. The topological polar surface area (TPSA) is 56.7 Å². The van der Waals surface area contributed by atoms with Crippen molar-refractivity contribution in [3.05, 3.63) is 52.0 Å². The van der Waals surface area contributed by atoms with Crippen LogP contribution in [0.25, 0.3) is 0 Å². The lowest BCUT2D eigenvalue weighted by Crippen LogP contribution is -2.46. The Balaban J connectivity index is 1.32. The number of hydrogen-bond donors (Lipinski definition) is 2. The molecule has 0 radical (unpaired) electrons. The van der Waals surface area contributed by atoms with Crippen molar-refractivity contribution in [1.82, 2.24) is 15.5 Å². The van der Waals surface area contributed by atoms with Crippen LogP contribution in [-0.2, 0) is 17.8 Å². The second-order valence-corrected chi connectivity index (χ2v) is 8.61.